The third-order valence-corrected chi connectivity index (χ3v) is 3.63. The van der Waals surface area contributed by atoms with Crippen LogP contribution in [0, 0.1) is 0 Å². The second-order valence-corrected chi connectivity index (χ2v) is 5.48. The van der Waals surface area contributed by atoms with Crippen LogP contribution in [0.4, 0.5) is 0 Å². The van der Waals surface area contributed by atoms with Gasteiger partial charge in [-0.15, -0.1) is 24.0 Å². The van der Waals surface area contributed by atoms with Crippen molar-refractivity contribution in [1.82, 2.24) is 5.32 Å². The molecule has 22 heavy (non-hydrogen) atoms. The summed E-state index contributed by atoms with van der Waals surface area (Å²) in [5, 5.41) is 3.71. The Kier molecular flexibility index (Phi) is 8.09. The first-order valence-corrected chi connectivity index (χ1v) is 7.62. The van der Waals surface area contributed by atoms with E-state index >= 15 is 0 Å². The molecule has 1 aromatic rings. The number of halogens is 2. The molecular weight excluding hydrogens is 417 g/mol. The van der Waals surface area contributed by atoms with Crippen molar-refractivity contribution in [2.75, 3.05) is 19.8 Å². The van der Waals surface area contributed by atoms with E-state index in [1.54, 1.807) is 0 Å². The number of ether oxygens (including phenoxy) is 2. The number of nitrogens with zero attached hydrogens (tertiary/aromatic N) is 1. The van der Waals surface area contributed by atoms with Crippen molar-refractivity contribution in [1.29, 1.82) is 0 Å². The molecule has 0 saturated carbocycles. The van der Waals surface area contributed by atoms with Crippen LogP contribution in [0.15, 0.2) is 17.1 Å². The molecule has 0 spiro atoms. The van der Waals surface area contributed by atoms with Crippen LogP contribution in [0.5, 0.6) is 11.5 Å². The molecule has 1 atom stereocenters. The van der Waals surface area contributed by atoms with E-state index in [-0.39, 0.29) is 24.0 Å². The largest absolute Gasteiger partial charge is 0.486 e. The molecule has 0 amide bonds. The minimum Gasteiger partial charge on any atom is -0.486 e. The normalized spacial score (nSPS) is 15.0. The lowest BCUT2D eigenvalue weighted by molar-refractivity contribution is 0.171. The molecule has 0 saturated heterocycles. The van der Waals surface area contributed by atoms with E-state index in [0.717, 1.165) is 18.4 Å². The van der Waals surface area contributed by atoms with Gasteiger partial charge in [-0.3, -0.25) is 4.99 Å². The number of hydrogen-bond donors (Lipinski definition) is 2. The molecule has 0 fully saturated rings. The van der Waals surface area contributed by atoms with Gasteiger partial charge in [-0.2, -0.15) is 0 Å². The van der Waals surface area contributed by atoms with E-state index in [2.05, 4.69) is 24.2 Å². The molecule has 1 heterocycles. The zero-order valence-electron chi connectivity index (χ0n) is 12.9. The highest BCUT2D eigenvalue weighted by Gasteiger charge is 2.16. The van der Waals surface area contributed by atoms with Gasteiger partial charge in [-0.05, 0) is 37.5 Å². The molecule has 7 heteroatoms. The Balaban J connectivity index is 0.00000242. The third-order valence-electron chi connectivity index (χ3n) is 3.35. The van der Waals surface area contributed by atoms with Crippen LogP contribution in [0.2, 0.25) is 5.02 Å². The van der Waals surface area contributed by atoms with Crippen molar-refractivity contribution in [2.45, 2.75) is 32.7 Å². The van der Waals surface area contributed by atoms with Crippen LogP contribution in [-0.2, 0) is 6.42 Å². The molecule has 5 nitrogen and oxygen atoms in total. The van der Waals surface area contributed by atoms with Gasteiger partial charge in [0.25, 0.3) is 0 Å². The highest BCUT2D eigenvalue weighted by Crippen LogP contribution is 2.38. The molecular formula is C15H23ClIN3O2. The van der Waals surface area contributed by atoms with E-state index in [4.69, 9.17) is 26.8 Å². The molecule has 2 rings (SSSR count). The number of nitrogens with one attached hydrogen (secondary N) is 1. The average molecular weight is 440 g/mol. The maximum Gasteiger partial charge on any atom is 0.188 e. The predicted molar refractivity (Wildman–Crippen MR) is 101 cm³/mol. The Morgan fingerprint density at radius 3 is 2.86 bits per heavy atom. The summed E-state index contributed by atoms with van der Waals surface area (Å²) in [6.45, 7) is 5.86. The monoisotopic (exact) mass is 439 g/mol. The minimum atomic E-state index is 0. The smallest absolute Gasteiger partial charge is 0.188 e. The summed E-state index contributed by atoms with van der Waals surface area (Å²) < 4.78 is 11.1. The van der Waals surface area contributed by atoms with Gasteiger partial charge in [0, 0.05) is 12.6 Å². The molecule has 1 aromatic carbocycles. The predicted octanol–water partition coefficient (Wildman–Crippen LogP) is 2.97. The zero-order chi connectivity index (χ0) is 15.2. The fraction of sp³-hybridized carbons (Fsp3) is 0.533. The summed E-state index contributed by atoms with van der Waals surface area (Å²) in [6, 6.07) is 4.18. The van der Waals surface area contributed by atoms with Gasteiger partial charge < -0.3 is 20.5 Å². The van der Waals surface area contributed by atoms with Crippen LogP contribution < -0.4 is 20.5 Å². The quantitative estimate of drug-likeness (QED) is 0.420. The van der Waals surface area contributed by atoms with Crippen molar-refractivity contribution >= 4 is 41.5 Å². The van der Waals surface area contributed by atoms with E-state index < -0.39 is 0 Å². The Labute approximate surface area is 153 Å². The fourth-order valence-electron chi connectivity index (χ4n) is 2.01. The lowest BCUT2D eigenvalue weighted by atomic mass is 10.1. The molecule has 0 aromatic heterocycles. The van der Waals surface area contributed by atoms with Crippen molar-refractivity contribution in [3.05, 3.63) is 22.7 Å². The fourth-order valence-corrected chi connectivity index (χ4v) is 2.30. The molecule has 0 bridgehead atoms. The van der Waals surface area contributed by atoms with Gasteiger partial charge in [0.05, 0.1) is 5.02 Å². The highest BCUT2D eigenvalue weighted by molar-refractivity contribution is 14.0. The maximum absolute atomic E-state index is 6.20. The lowest BCUT2D eigenvalue weighted by Gasteiger charge is -2.20. The SMILES string of the molecule is CCC(C)NC(N)=NCCc1cc(Cl)c2c(c1)OCCO2.I. The second kappa shape index (κ2) is 9.29. The summed E-state index contributed by atoms with van der Waals surface area (Å²) >= 11 is 6.20. The summed E-state index contributed by atoms with van der Waals surface area (Å²) in [5.74, 6) is 1.82. The van der Waals surface area contributed by atoms with Gasteiger partial charge in [0.15, 0.2) is 17.5 Å². The van der Waals surface area contributed by atoms with Gasteiger partial charge in [-0.1, -0.05) is 18.5 Å². The number of rotatable bonds is 5. The summed E-state index contributed by atoms with van der Waals surface area (Å²) in [5.41, 5.74) is 6.88. The maximum atomic E-state index is 6.20. The molecule has 0 aliphatic carbocycles. The summed E-state index contributed by atoms with van der Waals surface area (Å²) in [7, 11) is 0. The first-order valence-electron chi connectivity index (χ1n) is 7.24. The Morgan fingerprint density at radius 1 is 1.41 bits per heavy atom. The average Bonchev–Trinajstić information content (AvgIpc) is 2.47. The third kappa shape index (κ3) is 5.39. The zero-order valence-corrected chi connectivity index (χ0v) is 16.0. The van der Waals surface area contributed by atoms with Gasteiger partial charge in [-0.25, -0.2) is 0 Å². The summed E-state index contributed by atoms with van der Waals surface area (Å²) in [6.07, 6.45) is 1.76. The van der Waals surface area contributed by atoms with Crippen LogP contribution in [0.3, 0.4) is 0 Å². The van der Waals surface area contributed by atoms with Crippen LogP contribution in [0.1, 0.15) is 25.8 Å². The lowest BCUT2D eigenvalue weighted by Crippen LogP contribution is -2.38. The minimum absolute atomic E-state index is 0. The van der Waals surface area contributed by atoms with Crippen molar-refractivity contribution < 1.29 is 9.47 Å². The highest BCUT2D eigenvalue weighted by atomic mass is 127. The van der Waals surface area contributed by atoms with E-state index in [0.29, 0.717) is 48.3 Å². The molecule has 1 aliphatic heterocycles. The van der Waals surface area contributed by atoms with Gasteiger partial charge >= 0.3 is 0 Å². The van der Waals surface area contributed by atoms with Crippen LogP contribution in [-0.4, -0.2) is 31.8 Å². The number of nitrogens with two attached hydrogens (primary N) is 1. The first kappa shape index (κ1) is 19.2. The van der Waals surface area contributed by atoms with Crippen molar-refractivity contribution in [3.63, 3.8) is 0 Å². The Morgan fingerprint density at radius 2 is 2.14 bits per heavy atom. The van der Waals surface area contributed by atoms with Crippen LogP contribution >= 0.6 is 35.6 Å². The second-order valence-electron chi connectivity index (χ2n) is 5.07. The number of aliphatic imine (C=N–C) groups is 1. The molecule has 0 radical (unpaired) electrons. The van der Waals surface area contributed by atoms with E-state index in [1.807, 2.05) is 12.1 Å². The number of fused-ring (bicyclic) bond motifs is 1. The van der Waals surface area contributed by atoms with E-state index in [1.165, 1.54) is 0 Å². The Hall–Kier alpha value is -0.890. The standard InChI is InChI=1S/C15H22ClN3O2.HI/c1-3-10(2)19-15(17)18-5-4-11-8-12(16)14-13(9-11)20-6-7-21-14;/h8-10H,3-7H2,1-2H3,(H3,17,18,19);1H. The number of benzene rings is 1. The first-order chi connectivity index (χ1) is 10.1. The molecule has 1 unspecified atom stereocenters. The van der Waals surface area contributed by atoms with Crippen molar-refractivity contribution in [3.8, 4) is 11.5 Å². The number of guanidine groups is 1. The molecule has 3 N–H and O–H groups in total. The molecule has 1 aliphatic rings. The van der Waals surface area contributed by atoms with Gasteiger partial charge in [0.1, 0.15) is 13.2 Å². The van der Waals surface area contributed by atoms with Crippen molar-refractivity contribution in [2.24, 2.45) is 10.7 Å². The topological polar surface area (TPSA) is 68.9 Å². The van der Waals surface area contributed by atoms with E-state index in [9.17, 15) is 0 Å². The van der Waals surface area contributed by atoms with Crippen LogP contribution in [0.25, 0.3) is 0 Å². The number of hydrogen-bond acceptors (Lipinski definition) is 3. The molecule has 124 valence electrons. The Bertz CT molecular complexity index is 526. The van der Waals surface area contributed by atoms with Gasteiger partial charge in [0.2, 0.25) is 0 Å². The summed E-state index contributed by atoms with van der Waals surface area (Å²) in [4.78, 5) is 4.32.